The molecule has 3 rings (SSSR count). The first-order valence-corrected chi connectivity index (χ1v) is 6.42. The third-order valence-electron chi connectivity index (χ3n) is 2.53. The van der Waals surface area contributed by atoms with Crippen LogP contribution in [0.25, 0.3) is 10.9 Å². The molecule has 0 atom stereocenters. The van der Waals surface area contributed by atoms with Crippen molar-refractivity contribution in [2.24, 2.45) is 0 Å². The quantitative estimate of drug-likeness (QED) is 0.645. The maximum Gasteiger partial charge on any atom is 0.183 e. The molecule has 0 spiro atoms. The number of aromatic amines is 1. The average Bonchev–Trinajstić information content (AvgIpc) is 2.94. The maximum atomic E-state index is 9.87. The fourth-order valence-corrected chi connectivity index (χ4v) is 2.59. The van der Waals surface area contributed by atoms with Gasteiger partial charge in [-0.2, -0.15) is 5.10 Å². The van der Waals surface area contributed by atoms with E-state index in [0.29, 0.717) is 16.7 Å². The Kier molecular flexibility index (Phi) is 2.81. The number of anilines is 1. The standard InChI is InChI=1S/C11H9ClN4OS/c12-11-14-5-7(18-11)4-13-9-2-8-6(1-10(9)17)3-15-16-8/h1-3,5,13,17H,4H2,(H,15,16). The third kappa shape index (κ3) is 2.12. The molecular formula is C11H9ClN4OS. The number of aromatic nitrogens is 3. The molecule has 0 bridgehead atoms. The molecule has 3 N–H and O–H groups in total. The molecule has 3 aromatic rings. The Bertz CT molecular complexity index is 693. The van der Waals surface area contributed by atoms with Gasteiger partial charge in [0.25, 0.3) is 0 Å². The first-order valence-electron chi connectivity index (χ1n) is 5.22. The Labute approximate surface area is 111 Å². The molecule has 7 heteroatoms. The van der Waals surface area contributed by atoms with Crippen LogP contribution < -0.4 is 5.32 Å². The zero-order chi connectivity index (χ0) is 12.5. The van der Waals surface area contributed by atoms with Gasteiger partial charge in [0.1, 0.15) is 5.75 Å². The normalized spacial score (nSPS) is 10.9. The smallest absolute Gasteiger partial charge is 0.183 e. The highest BCUT2D eigenvalue weighted by Crippen LogP contribution is 2.29. The van der Waals surface area contributed by atoms with Crippen LogP contribution in [0, 0.1) is 0 Å². The Morgan fingerprint density at radius 2 is 2.28 bits per heavy atom. The van der Waals surface area contributed by atoms with Crippen LogP contribution in [0.15, 0.2) is 24.5 Å². The first-order chi connectivity index (χ1) is 8.72. The number of fused-ring (bicyclic) bond motifs is 1. The Morgan fingerprint density at radius 1 is 1.39 bits per heavy atom. The summed E-state index contributed by atoms with van der Waals surface area (Å²) in [5, 5.41) is 20.7. The van der Waals surface area contributed by atoms with Crippen LogP contribution in [0.3, 0.4) is 0 Å². The van der Waals surface area contributed by atoms with E-state index in [-0.39, 0.29) is 5.75 Å². The van der Waals surface area contributed by atoms with Crippen molar-refractivity contribution in [3.63, 3.8) is 0 Å². The number of benzene rings is 1. The Balaban J connectivity index is 1.83. The van der Waals surface area contributed by atoms with E-state index in [9.17, 15) is 5.11 Å². The van der Waals surface area contributed by atoms with Crippen molar-refractivity contribution in [1.29, 1.82) is 0 Å². The summed E-state index contributed by atoms with van der Waals surface area (Å²) in [4.78, 5) is 4.96. The van der Waals surface area contributed by atoms with E-state index in [1.807, 2.05) is 6.07 Å². The number of phenols is 1. The van der Waals surface area contributed by atoms with Gasteiger partial charge in [-0.15, -0.1) is 11.3 Å². The number of nitrogens with zero attached hydrogens (tertiary/aromatic N) is 2. The summed E-state index contributed by atoms with van der Waals surface area (Å²) in [6.45, 7) is 0.567. The number of phenolic OH excluding ortho intramolecular Hbond substituents is 1. The highest BCUT2D eigenvalue weighted by molar-refractivity contribution is 7.15. The number of aromatic hydroxyl groups is 1. The van der Waals surface area contributed by atoms with E-state index in [2.05, 4.69) is 20.5 Å². The fraction of sp³-hybridized carbons (Fsp3) is 0.0909. The molecule has 0 fully saturated rings. The van der Waals surface area contributed by atoms with E-state index >= 15 is 0 Å². The monoisotopic (exact) mass is 280 g/mol. The van der Waals surface area contributed by atoms with Crippen molar-refractivity contribution < 1.29 is 5.11 Å². The van der Waals surface area contributed by atoms with Gasteiger partial charge in [0, 0.05) is 16.5 Å². The van der Waals surface area contributed by atoms with Gasteiger partial charge < -0.3 is 10.4 Å². The molecule has 0 aliphatic rings. The molecule has 0 radical (unpaired) electrons. The van der Waals surface area contributed by atoms with Gasteiger partial charge in [0.05, 0.1) is 23.9 Å². The molecule has 0 amide bonds. The molecule has 0 unspecified atom stereocenters. The summed E-state index contributed by atoms with van der Waals surface area (Å²) >= 11 is 7.16. The summed E-state index contributed by atoms with van der Waals surface area (Å²) in [5.41, 5.74) is 1.52. The summed E-state index contributed by atoms with van der Waals surface area (Å²) < 4.78 is 0.514. The topological polar surface area (TPSA) is 73.8 Å². The number of halogens is 1. The van der Waals surface area contributed by atoms with Crippen LogP contribution in [0.4, 0.5) is 5.69 Å². The van der Waals surface area contributed by atoms with Crippen molar-refractivity contribution in [3.05, 3.63) is 33.9 Å². The molecule has 1 aromatic carbocycles. The highest BCUT2D eigenvalue weighted by Gasteiger charge is 2.06. The number of H-pyrrole nitrogens is 1. The lowest BCUT2D eigenvalue weighted by Gasteiger charge is -2.07. The summed E-state index contributed by atoms with van der Waals surface area (Å²) in [7, 11) is 0. The minimum Gasteiger partial charge on any atom is -0.506 e. The minimum absolute atomic E-state index is 0.194. The number of nitrogens with one attached hydrogen (secondary N) is 2. The average molecular weight is 281 g/mol. The summed E-state index contributed by atoms with van der Waals surface area (Å²) in [5.74, 6) is 0.194. The van der Waals surface area contributed by atoms with Crippen LogP contribution in [-0.4, -0.2) is 20.3 Å². The second-order valence-electron chi connectivity index (χ2n) is 3.76. The molecule has 2 aromatic heterocycles. The first kappa shape index (κ1) is 11.3. The molecule has 0 aliphatic heterocycles. The zero-order valence-electron chi connectivity index (χ0n) is 9.14. The van der Waals surface area contributed by atoms with Gasteiger partial charge in [-0.3, -0.25) is 5.10 Å². The minimum atomic E-state index is 0.194. The molecule has 0 saturated carbocycles. The number of rotatable bonds is 3. The lowest BCUT2D eigenvalue weighted by Crippen LogP contribution is -1.97. The predicted molar refractivity (Wildman–Crippen MR) is 72.2 cm³/mol. The maximum absolute atomic E-state index is 9.87. The van der Waals surface area contributed by atoms with Crippen molar-refractivity contribution in [2.75, 3.05) is 5.32 Å². The fourth-order valence-electron chi connectivity index (χ4n) is 1.67. The van der Waals surface area contributed by atoms with E-state index in [4.69, 9.17) is 11.6 Å². The Hall–Kier alpha value is -1.79. The number of hydrogen-bond acceptors (Lipinski definition) is 5. The second kappa shape index (κ2) is 4.47. The number of hydrogen-bond donors (Lipinski definition) is 3. The molecule has 2 heterocycles. The lowest BCUT2D eigenvalue weighted by atomic mass is 10.2. The molecule has 0 aliphatic carbocycles. The molecule has 5 nitrogen and oxygen atoms in total. The van der Waals surface area contributed by atoms with E-state index in [0.717, 1.165) is 15.8 Å². The van der Waals surface area contributed by atoms with Crippen LogP contribution in [-0.2, 0) is 6.54 Å². The van der Waals surface area contributed by atoms with Crippen LogP contribution in [0.2, 0.25) is 4.47 Å². The van der Waals surface area contributed by atoms with Crippen LogP contribution >= 0.6 is 22.9 Å². The van der Waals surface area contributed by atoms with Crippen molar-refractivity contribution in [1.82, 2.24) is 15.2 Å². The van der Waals surface area contributed by atoms with Crippen molar-refractivity contribution in [2.45, 2.75) is 6.54 Å². The molecular weight excluding hydrogens is 272 g/mol. The summed E-state index contributed by atoms with van der Waals surface area (Å²) in [6, 6.07) is 3.49. The third-order valence-corrected chi connectivity index (χ3v) is 3.65. The van der Waals surface area contributed by atoms with Crippen LogP contribution in [0.1, 0.15) is 4.88 Å². The van der Waals surface area contributed by atoms with Crippen molar-refractivity contribution >= 4 is 39.5 Å². The highest BCUT2D eigenvalue weighted by atomic mass is 35.5. The van der Waals surface area contributed by atoms with Gasteiger partial charge in [-0.1, -0.05) is 11.6 Å². The molecule has 92 valence electrons. The molecule has 0 saturated heterocycles. The van der Waals surface area contributed by atoms with Gasteiger partial charge in [-0.05, 0) is 12.1 Å². The number of thiazole rings is 1. The largest absolute Gasteiger partial charge is 0.506 e. The Morgan fingerprint density at radius 3 is 3.06 bits per heavy atom. The van der Waals surface area contributed by atoms with E-state index < -0.39 is 0 Å². The summed E-state index contributed by atoms with van der Waals surface area (Å²) in [6.07, 6.45) is 3.38. The lowest BCUT2D eigenvalue weighted by molar-refractivity contribution is 0.478. The van der Waals surface area contributed by atoms with E-state index in [1.54, 1.807) is 18.5 Å². The van der Waals surface area contributed by atoms with Gasteiger partial charge in [0.2, 0.25) is 0 Å². The molecule has 18 heavy (non-hydrogen) atoms. The van der Waals surface area contributed by atoms with E-state index in [1.165, 1.54) is 11.3 Å². The SMILES string of the molecule is Oc1cc2cn[nH]c2cc1NCc1cnc(Cl)s1. The van der Waals surface area contributed by atoms with Gasteiger partial charge >= 0.3 is 0 Å². The van der Waals surface area contributed by atoms with Gasteiger partial charge in [0.15, 0.2) is 4.47 Å². The second-order valence-corrected chi connectivity index (χ2v) is 5.46. The predicted octanol–water partition coefficient (Wildman–Crippen LogP) is 2.99. The van der Waals surface area contributed by atoms with Crippen molar-refractivity contribution in [3.8, 4) is 5.75 Å². The van der Waals surface area contributed by atoms with Crippen LogP contribution in [0.5, 0.6) is 5.75 Å². The van der Waals surface area contributed by atoms with Gasteiger partial charge in [-0.25, -0.2) is 4.98 Å². The zero-order valence-corrected chi connectivity index (χ0v) is 10.7.